The lowest BCUT2D eigenvalue weighted by molar-refractivity contribution is -0.671. The summed E-state index contributed by atoms with van der Waals surface area (Å²) < 4.78 is 31.5. The van der Waals surface area contributed by atoms with Gasteiger partial charge in [0.05, 0.1) is 31.7 Å². The molecule has 10 N–H and O–H groups in total. The molecule has 5 heterocycles. The number of rotatable bonds is 12. The van der Waals surface area contributed by atoms with Crippen LogP contribution in [0.15, 0.2) is 48.8 Å². The van der Waals surface area contributed by atoms with E-state index in [-0.39, 0.29) is 0 Å². The van der Waals surface area contributed by atoms with Gasteiger partial charge in [-0.25, -0.2) is 4.68 Å². The van der Waals surface area contributed by atoms with Crippen molar-refractivity contribution in [3.8, 4) is 0 Å². The summed E-state index contributed by atoms with van der Waals surface area (Å²) in [4.78, 5) is 0. The Morgan fingerprint density at radius 2 is 1.25 bits per heavy atom. The van der Waals surface area contributed by atoms with Crippen molar-refractivity contribution < 1.29 is 79.3 Å². The SMILES string of the molecule is OC[C@H]1O[C@@H](O[C@@H]2[C@@H](O)[C@H](O[C@@H]3[C@@H](O)[C@H](n4cc(CCC[n+]5cccc6ccccc65)nn4)O[C@H](CO)[C@H]3O)O[C@H](CO)[C@H]2O)[C@H](O)[C@@H](O)[C@@H]1O. The quantitative estimate of drug-likeness (QED) is 0.0782. The summed E-state index contributed by atoms with van der Waals surface area (Å²) in [6.07, 6.45) is -20.1. The van der Waals surface area contributed by atoms with Gasteiger partial charge in [-0.05, 0) is 18.6 Å². The van der Waals surface area contributed by atoms with Crippen molar-refractivity contribution >= 4 is 10.9 Å². The summed E-state index contributed by atoms with van der Waals surface area (Å²) in [5.41, 5.74) is 1.66. The second-order valence-electron chi connectivity index (χ2n) is 12.9. The van der Waals surface area contributed by atoms with Crippen molar-refractivity contribution in [2.75, 3.05) is 19.8 Å². The summed E-state index contributed by atoms with van der Waals surface area (Å²) in [6, 6.07) is 12.0. The van der Waals surface area contributed by atoms with E-state index >= 15 is 0 Å². The molecule has 0 spiro atoms. The van der Waals surface area contributed by atoms with Crippen LogP contribution in [0.4, 0.5) is 0 Å². The maximum atomic E-state index is 11.4. The third-order valence-electron chi connectivity index (χ3n) is 9.53. The fourth-order valence-corrected chi connectivity index (χ4v) is 6.66. The summed E-state index contributed by atoms with van der Waals surface area (Å²) in [6.45, 7) is -1.59. The molecule has 0 saturated carbocycles. The molecular formula is C32H45N4O15+. The predicted octanol–water partition coefficient (Wildman–Crippen LogP) is -5.03. The van der Waals surface area contributed by atoms with Crippen LogP contribution in [0, 0.1) is 0 Å². The number of benzene rings is 1. The number of nitrogens with zero attached hydrogens (tertiary/aromatic N) is 4. The van der Waals surface area contributed by atoms with Crippen molar-refractivity contribution in [2.24, 2.45) is 0 Å². The first-order chi connectivity index (χ1) is 24.6. The zero-order valence-corrected chi connectivity index (χ0v) is 27.3. The minimum absolute atomic E-state index is 0.522. The topological polar surface area (TPSA) is 283 Å². The molecule has 51 heavy (non-hydrogen) atoms. The number of aliphatic hydroxyl groups is 10. The van der Waals surface area contributed by atoms with Crippen molar-refractivity contribution in [3.63, 3.8) is 0 Å². The van der Waals surface area contributed by atoms with E-state index in [9.17, 15) is 51.1 Å². The largest absolute Gasteiger partial charge is 0.394 e. The van der Waals surface area contributed by atoms with Crippen LogP contribution in [0.25, 0.3) is 10.9 Å². The molecular weight excluding hydrogens is 680 g/mol. The number of aromatic nitrogens is 4. The van der Waals surface area contributed by atoms with Crippen LogP contribution in [0.2, 0.25) is 0 Å². The van der Waals surface area contributed by atoms with Crippen molar-refractivity contribution in [2.45, 2.75) is 111 Å². The normalized spacial score (nSPS) is 39.0. The molecule has 0 amide bonds. The molecule has 3 fully saturated rings. The van der Waals surface area contributed by atoms with Gasteiger partial charge in [0.15, 0.2) is 25.0 Å². The maximum Gasteiger partial charge on any atom is 0.212 e. The van der Waals surface area contributed by atoms with E-state index in [1.807, 2.05) is 42.6 Å². The van der Waals surface area contributed by atoms with Gasteiger partial charge in [0.1, 0.15) is 79.8 Å². The third kappa shape index (κ3) is 7.79. The number of hydrogen-bond acceptors (Lipinski definition) is 17. The average molecular weight is 726 g/mol. The standard InChI is InChI=1S/C32H45N4O15/c37-12-18-21(40)24(43)25(44)31(48-18)51-29-23(42)20(14-39)49-32(27(29)46)50-28-22(41)19(13-38)47-30(26(28)45)36-11-16(33-34-36)7-4-10-35-9-3-6-15-5-1-2-8-17(15)35/h1-3,5-6,8-9,11,18-32,37-46H,4,7,10,12-14H2/q+1/t18-,19-,20-,21-,22-,23-,24+,25-,26-,27-,28+,29+,30-,31+,32+/m1/s1. The molecule has 0 unspecified atom stereocenters. The summed E-state index contributed by atoms with van der Waals surface area (Å²) in [5.74, 6) is 0. The lowest BCUT2D eigenvalue weighted by Gasteiger charge is -2.48. The van der Waals surface area contributed by atoms with E-state index in [1.54, 1.807) is 6.20 Å². The highest BCUT2D eigenvalue weighted by atomic mass is 16.7. The van der Waals surface area contributed by atoms with Gasteiger partial charge in [-0.2, -0.15) is 4.57 Å². The van der Waals surface area contributed by atoms with Gasteiger partial charge in [-0.15, -0.1) is 5.10 Å². The third-order valence-corrected chi connectivity index (χ3v) is 9.53. The van der Waals surface area contributed by atoms with Gasteiger partial charge in [0.2, 0.25) is 5.52 Å². The first kappa shape index (κ1) is 37.9. The van der Waals surface area contributed by atoms with Crippen LogP contribution in [0.3, 0.4) is 0 Å². The summed E-state index contributed by atoms with van der Waals surface area (Å²) in [7, 11) is 0. The number of ether oxygens (including phenoxy) is 5. The molecule has 19 nitrogen and oxygen atoms in total. The molecule has 19 heteroatoms. The van der Waals surface area contributed by atoms with E-state index in [0.717, 1.165) is 10.9 Å². The number of aliphatic hydroxyl groups excluding tert-OH is 10. The molecule has 1 aromatic carbocycles. The average Bonchev–Trinajstić information content (AvgIpc) is 3.61. The molecule has 0 radical (unpaired) electrons. The zero-order valence-electron chi connectivity index (χ0n) is 27.3. The highest BCUT2D eigenvalue weighted by Crippen LogP contribution is 2.34. The van der Waals surface area contributed by atoms with Gasteiger partial charge in [-0.1, -0.05) is 17.3 Å². The van der Waals surface area contributed by atoms with Gasteiger partial charge >= 0.3 is 0 Å². The fraction of sp³-hybridized carbons (Fsp3) is 0.656. The van der Waals surface area contributed by atoms with Gasteiger partial charge in [0.25, 0.3) is 0 Å². The van der Waals surface area contributed by atoms with Crippen LogP contribution in [0.5, 0.6) is 0 Å². The minimum atomic E-state index is -1.93. The van der Waals surface area contributed by atoms with Gasteiger partial charge in [0, 0.05) is 23.9 Å². The van der Waals surface area contributed by atoms with E-state index in [4.69, 9.17) is 23.7 Å². The molecule has 3 saturated heterocycles. The first-order valence-electron chi connectivity index (χ1n) is 16.7. The summed E-state index contributed by atoms with van der Waals surface area (Å²) in [5, 5.41) is 114. The maximum absolute atomic E-state index is 11.4. The molecule has 3 aromatic rings. The Morgan fingerprint density at radius 3 is 1.94 bits per heavy atom. The Hall–Kier alpha value is -2.83. The van der Waals surface area contributed by atoms with E-state index in [2.05, 4.69) is 14.9 Å². The zero-order chi connectivity index (χ0) is 36.4. The Balaban J connectivity index is 1.14. The second-order valence-corrected chi connectivity index (χ2v) is 12.9. The summed E-state index contributed by atoms with van der Waals surface area (Å²) >= 11 is 0. The number of pyridine rings is 1. The fourth-order valence-electron chi connectivity index (χ4n) is 6.66. The van der Waals surface area contributed by atoms with E-state index < -0.39 is 112 Å². The molecule has 15 atom stereocenters. The second kappa shape index (κ2) is 16.5. The highest BCUT2D eigenvalue weighted by Gasteiger charge is 2.54. The highest BCUT2D eigenvalue weighted by molar-refractivity contribution is 5.74. The smallest absolute Gasteiger partial charge is 0.212 e. The Morgan fingerprint density at radius 1 is 0.667 bits per heavy atom. The lowest BCUT2D eigenvalue weighted by atomic mass is 9.95. The number of aryl methyl sites for hydroxylation is 2. The van der Waals surface area contributed by atoms with Crippen molar-refractivity contribution in [1.29, 1.82) is 0 Å². The Bertz CT molecular complexity index is 1560. The number of para-hydroxylation sites is 1. The molecule has 2 aromatic heterocycles. The monoisotopic (exact) mass is 725 g/mol. The minimum Gasteiger partial charge on any atom is -0.394 e. The molecule has 0 bridgehead atoms. The van der Waals surface area contributed by atoms with Gasteiger partial charge < -0.3 is 74.7 Å². The van der Waals surface area contributed by atoms with Crippen LogP contribution in [-0.4, -0.2) is 172 Å². The Labute approximate surface area is 291 Å². The number of fused-ring (bicyclic) bond motifs is 1. The van der Waals surface area contributed by atoms with Crippen LogP contribution < -0.4 is 4.57 Å². The van der Waals surface area contributed by atoms with E-state index in [0.29, 0.717) is 25.1 Å². The number of hydrogen-bond donors (Lipinski definition) is 10. The first-order valence-corrected chi connectivity index (χ1v) is 16.7. The van der Waals surface area contributed by atoms with Gasteiger partial charge in [-0.3, -0.25) is 0 Å². The predicted molar refractivity (Wildman–Crippen MR) is 167 cm³/mol. The Kier molecular flexibility index (Phi) is 12.2. The van der Waals surface area contributed by atoms with Crippen molar-refractivity contribution in [3.05, 3.63) is 54.5 Å². The van der Waals surface area contributed by atoms with Crippen molar-refractivity contribution in [1.82, 2.24) is 15.0 Å². The molecule has 0 aliphatic carbocycles. The van der Waals surface area contributed by atoms with E-state index in [1.165, 1.54) is 4.68 Å². The molecule has 3 aliphatic rings. The lowest BCUT2D eigenvalue weighted by Crippen LogP contribution is -2.66. The van der Waals surface area contributed by atoms with Crippen LogP contribution in [0.1, 0.15) is 18.3 Å². The molecule has 6 rings (SSSR count). The van der Waals surface area contributed by atoms with Crippen LogP contribution in [-0.2, 0) is 36.6 Å². The molecule has 3 aliphatic heterocycles. The molecule has 282 valence electrons. The van der Waals surface area contributed by atoms with Crippen LogP contribution >= 0.6 is 0 Å².